The van der Waals surface area contributed by atoms with Gasteiger partial charge in [0.15, 0.2) is 0 Å². The van der Waals surface area contributed by atoms with Crippen molar-refractivity contribution in [3.63, 3.8) is 0 Å². The largest absolute Gasteiger partial charge is 0.469 e. The van der Waals surface area contributed by atoms with Crippen LogP contribution in [0.2, 0.25) is 0 Å². The fraction of sp³-hybridized carbons (Fsp3) is 0.826. The normalized spacial score (nSPS) is 25.3. The highest BCUT2D eigenvalue weighted by molar-refractivity contribution is 5.73. The van der Waals surface area contributed by atoms with Crippen molar-refractivity contribution in [3.8, 4) is 0 Å². The van der Waals surface area contributed by atoms with Gasteiger partial charge in [-0.15, -0.1) is 0 Å². The van der Waals surface area contributed by atoms with Crippen LogP contribution in [-0.2, 0) is 19.0 Å². The number of carbonyl (C=O) groups excluding carboxylic acids is 2. The van der Waals surface area contributed by atoms with Crippen molar-refractivity contribution in [1.29, 1.82) is 0 Å². The summed E-state index contributed by atoms with van der Waals surface area (Å²) in [5, 5.41) is 11.1. The Morgan fingerprint density at radius 1 is 1.00 bits per heavy atom. The van der Waals surface area contributed by atoms with Gasteiger partial charge in [0, 0.05) is 13.0 Å². The molecule has 1 N–H and O–H groups in total. The molecule has 0 aromatic carbocycles. The molecule has 2 aliphatic rings. The first-order valence-corrected chi connectivity index (χ1v) is 11.2. The second kappa shape index (κ2) is 14.4. The van der Waals surface area contributed by atoms with E-state index in [1.807, 2.05) is 0 Å². The van der Waals surface area contributed by atoms with Crippen LogP contribution < -0.4 is 0 Å². The Morgan fingerprint density at radius 3 is 2.10 bits per heavy atom. The molecule has 0 heterocycles. The Hall–Kier alpha value is -1.60. The van der Waals surface area contributed by atoms with Crippen molar-refractivity contribution >= 4 is 12.1 Å². The van der Waals surface area contributed by atoms with Crippen molar-refractivity contribution < 1.29 is 28.9 Å². The van der Waals surface area contributed by atoms with Crippen LogP contribution in [0.25, 0.3) is 0 Å². The minimum absolute atomic E-state index is 0.0502. The fourth-order valence-electron chi connectivity index (χ4n) is 4.31. The maximum atomic E-state index is 12.6. The second-order valence-corrected chi connectivity index (χ2v) is 8.16. The summed E-state index contributed by atoms with van der Waals surface area (Å²) >= 11 is 0. The van der Waals surface area contributed by atoms with E-state index in [1.165, 1.54) is 25.5 Å². The summed E-state index contributed by atoms with van der Waals surface area (Å²) < 4.78 is 15.2. The molecular formula is C23H41NO6. The summed E-state index contributed by atoms with van der Waals surface area (Å²) in [5.74, 6) is -0.369. The fourth-order valence-corrected chi connectivity index (χ4v) is 4.31. The first-order valence-electron chi connectivity index (χ1n) is 11.2. The molecule has 174 valence electrons. The van der Waals surface area contributed by atoms with E-state index < -0.39 is 24.3 Å². The van der Waals surface area contributed by atoms with Crippen LogP contribution in [0.15, 0.2) is 12.2 Å². The van der Waals surface area contributed by atoms with Crippen molar-refractivity contribution in [2.45, 2.75) is 90.0 Å². The molecule has 7 heteroatoms. The number of carbonyl (C=O) groups is 2. The molecule has 0 bridgehead atoms. The van der Waals surface area contributed by atoms with E-state index in [9.17, 15) is 14.7 Å². The van der Waals surface area contributed by atoms with Crippen LogP contribution in [0, 0.1) is 11.8 Å². The molecule has 2 rings (SSSR count). The van der Waals surface area contributed by atoms with Gasteiger partial charge in [0.05, 0.1) is 32.8 Å². The zero-order chi connectivity index (χ0) is 22.5. The minimum atomic E-state index is -0.990. The van der Waals surface area contributed by atoms with Crippen molar-refractivity contribution in [2.75, 3.05) is 21.3 Å². The van der Waals surface area contributed by atoms with E-state index in [0.717, 1.165) is 44.9 Å². The monoisotopic (exact) mass is 427 g/mol. The molecule has 0 saturated heterocycles. The molecule has 1 amide bonds. The third kappa shape index (κ3) is 7.91. The van der Waals surface area contributed by atoms with Gasteiger partial charge in [-0.05, 0) is 50.9 Å². The lowest BCUT2D eigenvalue weighted by atomic mass is 9.82. The predicted molar refractivity (Wildman–Crippen MR) is 116 cm³/mol. The molecule has 7 nitrogen and oxygen atoms in total. The molecule has 2 aliphatic carbocycles. The zero-order valence-corrected chi connectivity index (χ0v) is 19.3. The molecule has 30 heavy (non-hydrogen) atoms. The number of amides is 1. The van der Waals surface area contributed by atoms with Crippen molar-refractivity contribution in [3.05, 3.63) is 12.2 Å². The maximum Gasteiger partial charge on any atom is 0.411 e. The van der Waals surface area contributed by atoms with Gasteiger partial charge in [0.25, 0.3) is 0 Å². The Balaban J connectivity index is 0.00000141. The molecule has 0 aromatic rings. The van der Waals surface area contributed by atoms with E-state index in [1.54, 1.807) is 7.11 Å². The number of rotatable bonds is 7. The number of hydrogen-bond acceptors (Lipinski definition) is 6. The van der Waals surface area contributed by atoms with Gasteiger partial charge in [0.1, 0.15) is 6.23 Å². The summed E-state index contributed by atoms with van der Waals surface area (Å²) in [6.07, 6.45) is 9.84. The third-order valence-electron chi connectivity index (χ3n) is 5.96. The van der Waals surface area contributed by atoms with Crippen molar-refractivity contribution in [1.82, 2.24) is 4.90 Å². The molecule has 3 unspecified atom stereocenters. The third-order valence-corrected chi connectivity index (χ3v) is 5.96. The molecule has 0 aliphatic heterocycles. The lowest BCUT2D eigenvalue weighted by Gasteiger charge is -2.42. The number of aliphatic hydroxyl groups is 1. The summed E-state index contributed by atoms with van der Waals surface area (Å²) in [6, 6.07) is -0.454. The van der Waals surface area contributed by atoms with Gasteiger partial charge in [-0.1, -0.05) is 32.4 Å². The zero-order valence-electron chi connectivity index (χ0n) is 19.3. The van der Waals surface area contributed by atoms with E-state index in [-0.39, 0.29) is 24.4 Å². The van der Waals surface area contributed by atoms with E-state index in [2.05, 4.69) is 26.0 Å². The molecule has 0 aromatic heterocycles. The van der Waals surface area contributed by atoms with Gasteiger partial charge in [-0.2, -0.15) is 0 Å². The highest BCUT2D eigenvalue weighted by Crippen LogP contribution is 2.34. The number of allylic oxidation sites excluding steroid dienone is 2. The molecule has 0 radical (unpaired) electrons. The Kier molecular flexibility index (Phi) is 12.7. The molecular weight excluding hydrogens is 386 g/mol. The van der Waals surface area contributed by atoms with E-state index in [4.69, 9.17) is 14.2 Å². The average Bonchev–Trinajstić information content (AvgIpc) is 2.79. The number of nitrogens with zero attached hydrogens (tertiary/aromatic N) is 1. The Bertz CT molecular complexity index is 530. The topological polar surface area (TPSA) is 85.3 Å². The van der Waals surface area contributed by atoms with Gasteiger partial charge >= 0.3 is 12.1 Å². The standard InChI is InChI=1S/C20H33NO6.C3H8/c1-25-16-11-9-15(10-12-16)19(23)21(20(24)27-3)17(13-18(22)26-2)14-7-5-4-6-8-14;1-3-2/h4-5,14-17,19,23H,6-13H2,1-3H3;3H2,1-2H3. The summed E-state index contributed by atoms with van der Waals surface area (Å²) in [4.78, 5) is 26.1. The Labute approximate surface area is 181 Å². The first-order chi connectivity index (χ1) is 14.4. The molecule has 0 spiro atoms. The number of ether oxygens (including phenoxy) is 3. The smallest absolute Gasteiger partial charge is 0.411 e. The lowest BCUT2D eigenvalue weighted by Crippen LogP contribution is -2.54. The van der Waals surface area contributed by atoms with E-state index >= 15 is 0 Å². The van der Waals surface area contributed by atoms with Gasteiger partial charge in [0.2, 0.25) is 0 Å². The van der Waals surface area contributed by atoms with Crippen LogP contribution in [0.4, 0.5) is 4.79 Å². The van der Waals surface area contributed by atoms with Gasteiger partial charge in [-0.25, -0.2) is 4.79 Å². The summed E-state index contributed by atoms with van der Waals surface area (Å²) in [5.41, 5.74) is 0. The highest BCUT2D eigenvalue weighted by atomic mass is 16.5. The second-order valence-electron chi connectivity index (χ2n) is 8.16. The maximum absolute atomic E-state index is 12.6. The number of esters is 1. The van der Waals surface area contributed by atoms with Gasteiger partial charge < -0.3 is 19.3 Å². The number of aliphatic hydroxyl groups excluding tert-OH is 1. The lowest BCUT2D eigenvalue weighted by molar-refractivity contribution is -0.144. The predicted octanol–water partition coefficient (Wildman–Crippen LogP) is 4.28. The van der Waals surface area contributed by atoms with Crippen molar-refractivity contribution in [2.24, 2.45) is 11.8 Å². The molecule has 3 atom stereocenters. The average molecular weight is 428 g/mol. The first kappa shape index (κ1) is 26.4. The summed E-state index contributed by atoms with van der Waals surface area (Å²) in [6.45, 7) is 4.25. The van der Waals surface area contributed by atoms with Crippen LogP contribution >= 0.6 is 0 Å². The van der Waals surface area contributed by atoms with Crippen LogP contribution in [0.1, 0.15) is 71.6 Å². The minimum Gasteiger partial charge on any atom is -0.469 e. The highest BCUT2D eigenvalue weighted by Gasteiger charge is 2.41. The van der Waals surface area contributed by atoms with Crippen LogP contribution in [0.5, 0.6) is 0 Å². The van der Waals surface area contributed by atoms with Gasteiger partial charge in [-0.3, -0.25) is 9.69 Å². The SMILES string of the molecule is CCC.COC(=O)CC(C1CC=CCC1)N(C(=O)OC)C(O)C1CCC(OC)CC1. The number of hydrogen-bond donors (Lipinski definition) is 1. The number of methoxy groups -OCH3 is 3. The van der Waals surface area contributed by atoms with E-state index in [0.29, 0.717) is 0 Å². The summed E-state index contributed by atoms with van der Waals surface area (Å²) in [7, 11) is 4.34. The Morgan fingerprint density at radius 2 is 1.63 bits per heavy atom. The molecule has 1 saturated carbocycles. The quantitative estimate of drug-likeness (QED) is 0.371. The van der Waals surface area contributed by atoms with Crippen LogP contribution in [-0.4, -0.2) is 61.8 Å². The molecule has 1 fully saturated rings. The van der Waals surface area contributed by atoms with Crippen LogP contribution in [0.3, 0.4) is 0 Å².